The molecule has 7 heteroatoms. The summed E-state index contributed by atoms with van der Waals surface area (Å²) >= 11 is 5.00. The molecule has 2 heterocycles. The van der Waals surface area contributed by atoms with E-state index in [4.69, 9.17) is 27.1 Å². The number of carbonyl (C=O) groups is 1. The molecule has 0 aliphatic rings. The topological polar surface area (TPSA) is 90.4 Å². The van der Waals surface area contributed by atoms with Crippen LogP contribution in [0.3, 0.4) is 0 Å². The standard InChI is InChI=1S/C21H23N3O3S/c1-4-7-12(2)13-8-5-9-14(24-21(22)28)16(13)18(25)20-19(26-3)17-15(27-20)10-6-11-23-17/h5-6,8-12H,4,7H2,1-3H3,(H3,22,24,28). The van der Waals surface area contributed by atoms with E-state index in [9.17, 15) is 4.79 Å². The van der Waals surface area contributed by atoms with Gasteiger partial charge in [-0.2, -0.15) is 0 Å². The van der Waals surface area contributed by atoms with E-state index in [0.29, 0.717) is 28.1 Å². The first kappa shape index (κ1) is 19.8. The first-order valence-corrected chi connectivity index (χ1v) is 9.54. The third kappa shape index (κ3) is 3.71. The van der Waals surface area contributed by atoms with Crippen LogP contribution in [0, 0.1) is 0 Å². The molecule has 0 radical (unpaired) electrons. The van der Waals surface area contributed by atoms with Crippen molar-refractivity contribution in [3.05, 3.63) is 53.4 Å². The zero-order valence-corrected chi connectivity index (χ0v) is 16.9. The van der Waals surface area contributed by atoms with E-state index in [1.807, 2.05) is 12.1 Å². The summed E-state index contributed by atoms with van der Waals surface area (Å²) in [5.74, 6) is 0.302. The van der Waals surface area contributed by atoms with Gasteiger partial charge in [-0.15, -0.1) is 0 Å². The summed E-state index contributed by atoms with van der Waals surface area (Å²) in [4.78, 5) is 17.9. The number of nitrogens with one attached hydrogen (secondary N) is 1. The summed E-state index contributed by atoms with van der Waals surface area (Å²) < 4.78 is 11.3. The number of hydrogen-bond acceptors (Lipinski definition) is 5. The molecule has 0 saturated carbocycles. The van der Waals surface area contributed by atoms with Gasteiger partial charge in [0.05, 0.1) is 18.4 Å². The van der Waals surface area contributed by atoms with Crippen molar-refractivity contribution in [1.29, 1.82) is 0 Å². The van der Waals surface area contributed by atoms with Crippen molar-refractivity contribution in [2.45, 2.75) is 32.6 Å². The second-order valence-corrected chi connectivity index (χ2v) is 7.03. The number of methoxy groups -OCH3 is 1. The van der Waals surface area contributed by atoms with Gasteiger partial charge in [0.1, 0.15) is 0 Å². The Kier molecular flexibility index (Phi) is 5.94. The molecule has 0 amide bonds. The number of benzene rings is 1. The number of hydrogen-bond donors (Lipinski definition) is 2. The van der Waals surface area contributed by atoms with Gasteiger partial charge in [0.15, 0.2) is 22.0 Å². The van der Waals surface area contributed by atoms with E-state index in [1.54, 1.807) is 24.4 Å². The van der Waals surface area contributed by atoms with Crippen LogP contribution >= 0.6 is 12.2 Å². The Balaban J connectivity index is 2.21. The lowest BCUT2D eigenvalue weighted by Crippen LogP contribution is -2.22. The lowest BCUT2D eigenvalue weighted by atomic mass is 9.88. The quantitative estimate of drug-likeness (QED) is 0.444. The molecule has 3 rings (SSSR count). The second-order valence-electron chi connectivity index (χ2n) is 6.59. The zero-order chi connectivity index (χ0) is 20.3. The number of ether oxygens (including phenoxy) is 1. The first-order chi connectivity index (χ1) is 13.5. The third-order valence-electron chi connectivity index (χ3n) is 4.65. The Morgan fingerprint density at radius 3 is 2.82 bits per heavy atom. The summed E-state index contributed by atoms with van der Waals surface area (Å²) in [6, 6.07) is 9.11. The third-order valence-corrected chi connectivity index (χ3v) is 4.75. The molecular weight excluding hydrogens is 374 g/mol. The second kappa shape index (κ2) is 8.39. The van der Waals surface area contributed by atoms with Crippen LogP contribution in [0.2, 0.25) is 0 Å². The fourth-order valence-corrected chi connectivity index (χ4v) is 3.53. The average Bonchev–Trinajstić information content (AvgIpc) is 3.05. The van der Waals surface area contributed by atoms with Crippen molar-refractivity contribution in [3.8, 4) is 5.75 Å². The van der Waals surface area contributed by atoms with Crippen LogP contribution in [0.5, 0.6) is 5.75 Å². The predicted molar refractivity (Wildman–Crippen MR) is 114 cm³/mol. The molecule has 146 valence electrons. The van der Waals surface area contributed by atoms with Gasteiger partial charge in [0.25, 0.3) is 0 Å². The summed E-state index contributed by atoms with van der Waals surface area (Å²) in [5, 5.41) is 3.01. The van der Waals surface area contributed by atoms with Gasteiger partial charge >= 0.3 is 0 Å². The van der Waals surface area contributed by atoms with Gasteiger partial charge in [0, 0.05) is 6.20 Å². The number of furan rings is 1. The fraction of sp³-hybridized carbons (Fsp3) is 0.286. The van der Waals surface area contributed by atoms with Crippen molar-refractivity contribution in [1.82, 2.24) is 4.98 Å². The Morgan fingerprint density at radius 2 is 2.14 bits per heavy atom. The lowest BCUT2D eigenvalue weighted by Gasteiger charge is -2.18. The van der Waals surface area contributed by atoms with Crippen molar-refractivity contribution < 1.29 is 13.9 Å². The molecule has 3 aromatic rings. The Morgan fingerprint density at radius 1 is 1.36 bits per heavy atom. The summed E-state index contributed by atoms with van der Waals surface area (Å²) in [6.07, 6.45) is 3.57. The van der Waals surface area contributed by atoms with Crippen LogP contribution in [0.1, 0.15) is 54.3 Å². The number of fused-ring (bicyclic) bond motifs is 1. The Bertz CT molecular complexity index is 1030. The number of aromatic nitrogens is 1. The molecule has 1 unspecified atom stereocenters. The molecule has 6 nitrogen and oxygen atoms in total. The van der Waals surface area contributed by atoms with Crippen LogP contribution in [-0.2, 0) is 0 Å². The molecule has 0 aliphatic heterocycles. The molecule has 2 aromatic heterocycles. The highest BCUT2D eigenvalue weighted by molar-refractivity contribution is 7.80. The van der Waals surface area contributed by atoms with E-state index in [1.165, 1.54) is 7.11 Å². The molecule has 0 fully saturated rings. The molecule has 0 spiro atoms. The van der Waals surface area contributed by atoms with Gasteiger partial charge in [-0.25, -0.2) is 4.98 Å². The Hall–Kier alpha value is -2.93. The van der Waals surface area contributed by atoms with Crippen LogP contribution in [0.4, 0.5) is 5.69 Å². The Labute approximate surface area is 169 Å². The molecular formula is C21H23N3O3S. The molecule has 1 aromatic carbocycles. The van der Waals surface area contributed by atoms with E-state index < -0.39 is 0 Å². The normalized spacial score (nSPS) is 12.0. The largest absolute Gasteiger partial charge is 0.491 e. The summed E-state index contributed by atoms with van der Waals surface area (Å²) in [5.41, 5.74) is 8.62. The number of carbonyl (C=O) groups excluding carboxylic acids is 1. The van der Waals surface area contributed by atoms with E-state index in [2.05, 4.69) is 24.1 Å². The minimum atomic E-state index is -0.299. The summed E-state index contributed by atoms with van der Waals surface area (Å²) in [6.45, 7) is 4.21. The van der Waals surface area contributed by atoms with Gasteiger partial charge in [0.2, 0.25) is 11.5 Å². The molecule has 0 bridgehead atoms. The monoisotopic (exact) mass is 397 g/mol. The highest BCUT2D eigenvalue weighted by Crippen LogP contribution is 2.37. The van der Waals surface area contributed by atoms with Crippen LogP contribution in [0.15, 0.2) is 40.9 Å². The number of nitrogens with two attached hydrogens (primary N) is 1. The van der Waals surface area contributed by atoms with Crippen LogP contribution in [0.25, 0.3) is 11.1 Å². The van der Waals surface area contributed by atoms with E-state index >= 15 is 0 Å². The van der Waals surface area contributed by atoms with Crippen molar-refractivity contribution in [2.75, 3.05) is 12.4 Å². The van der Waals surface area contributed by atoms with E-state index in [-0.39, 0.29) is 22.6 Å². The molecule has 0 saturated heterocycles. The van der Waals surface area contributed by atoms with Gasteiger partial charge in [-0.1, -0.05) is 32.4 Å². The zero-order valence-electron chi connectivity index (χ0n) is 16.1. The smallest absolute Gasteiger partial charge is 0.234 e. The van der Waals surface area contributed by atoms with Gasteiger partial charge in [-0.05, 0) is 48.3 Å². The molecule has 0 aliphatic carbocycles. The maximum Gasteiger partial charge on any atom is 0.234 e. The SMILES string of the molecule is CCCC(C)c1cccc(NC(N)=S)c1C(=O)c1oc2cccnc2c1OC. The number of ketones is 1. The van der Waals surface area contributed by atoms with Crippen molar-refractivity contribution in [2.24, 2.45) is 5.73 Å². The lowest BCUT2D eigenvalue weighted by molar-refractivity contribution is 0.101. The van der Waals surface area contributed by atoms with Crippen LogP contribution < -0.4 is 15.8 Å². The number of anilines is 1. The van der Waals surface area contributed by atoms with Gasteiger partial charge < -0.3 is 20.2 Å². The fourth-order valence-electron chi connectivity index (χ4n) is 3.42. The molecule has 1 atom stereocenters. The highest BCUT2D eigenvalue weighted by Gasteiger charge is 2.28. The maximum atomic E-state index is 13.6. The molecule has 28 heavy (non-hydrogen) atoms. The number of pyridine rings is 1. The predicted octanol–water partition coefficient (Wildman–Crippen LogP) is 4.63. The van der Waals surface area contributed by atoms with E-state index in [0.717, 1.165) is 18.4 Å². The van der Waals surface area contributed by atoms with Crippen molar-refractivity contribution >= 4 is 39.9 Å². The number of rotatable bonds is 7. The maximum absolute atomic E-state index is 13.6. The molecule has 3 N–H and O–H groups in total. The summed E-state index contributed by atoms with van der Waals surface area (Å²) in [7, 11) is 1.50. The minimum absolute atomic E-state index is 0.0904. The number of thiocarbonyl (C=S) groups is 1. The van der Waals surface area contributed by atoms with Crippen LogP contribution in [-0.4, -0.2) is 23.0 Å². The minimum Gasteiger partial charge on any atom is -0.491 e. The first-order valence-electron chi connectivity index (χ1n) is 9.13. The van der Waals surface area contributed by atoms with Gasteiger partial charge in [-0.3, -0.25) is 4.79 Å². The average molecular weight is 398 g/mol. The number of nitrogens with zero attached hydrogens (tertiary/aromatic N) is 1. The van der Waals surface area contributed by atoms with Crippen molar-refractivity contribution in [3.63, 3.8) is 0 Å². The highest BCUT2D eigenvalue weighted by atomic mass is 32.1.